The van der Waals surface area contributed by atoms with Crippen LogP contribution in [0.2, 0.25) is 0 Å². The van der Waals surface area contributed by atoms with E-state index in [4.69, 9.17) is 9.84 Å². The van der Waals surface area contributed by atoms with Crippen molar-refractivity contribution in [1.82, 2.24) is 9.80 Å². The van der Waals surface area contributed by atoms with Gasteiger partial charge in [0.15, 0.2) is 0 Å². The number of hydrogen-bond acceptors (Lipinski definition) is 4. The Hall–Kier alpha value is -1.79. The number of nitrogens with zero attached hydrogens (tertiary/aromatic N) is 2. The van der Waals surface area contributed by atoms with Gasteiger partial charge in [-0.15, -0.1) is 0 Å². The lowest BCUT2D eigenvalue weighted by Gasteiger charge is -2.42. The Kier molecular flexibility index (Phi) is 5.35. The smallest absolute Gasteiger partial charge is 0.408 e. The summed E-state index contributed by atoms with van der Waals surface area (Å²) in [6.07, 6.45) is -0.399. The second-order valence-corrected chi connectivity index (χ2v) is 5.04. The molecule has 0 unspecified atom stereocenters. The van der Waals surface area contributed by atoms with Crippen molar-refractivity contribution in [2.75, 3.05) is 20.2 Å². The van der Waals surface area contributed by atoms with Crippen molar-refractivity contribution in [3.8, 4) is 0 Å². The summed E-state index contributed by atoms with van der Waals surface area (Å²) in [5, 5.41) is 9.03. The van der Waals surface area contributed by atoms with Crippen molar-refractivity contribution >= 4 is 18.0 Å². The molecule has 0 aromatic carbocycles. The van der Waals surface area contributed by atoms with Gasteiger partial charge in [-0.3, -0.25) is 9.69 Å². The Labute approximate surface area is 118 Å². The van der Waals surface area contributed by atoms with E-state index in [1.165, 1.54) is 18.9 Å². The van der Waals surface area contributed by atoms with E-state index in [0.717, 1.165) is 11.3 Å². The van der Waals surface area contributed by atoms with E-state index >= 15 is 0 Å². The lowest BCUT2D eigenvalue weighted by molar-refractivity contribution is -0.159. The van der Waals surface area contributed by atoms with Gasteiger partial charge in [0.2, 0.25) is 5.91 Å². The highest BCUT2D eigenvalue weighted by atomic mass is 16.5. The van der Waals surface area contributed by atoms with Gasteiger partial charge in [-0.2, -0.15) is 0 Å². The number of methoxy groups -OCH3 is 1. The summed E-state index contributed by atoms with van der Waals surface area (Å²) >= 11 is 0. The number of carbonyl (C=O) groups is 3. The van der Waals surface area contributed by atoms with Crippen LogP contribution in [0, 0.1) is 5.92 Å². The zero-order chi connectivity index (χ0) is 15.4. The third kappa shape index (κ3) is 3.02. The number of esters is 1. The highest BCUT2D eigenvalue weighted by Crippen LogP contribution is 2.21. The molecule has 7 heteroatoms. The van der Waals surface area contributed by atoms with Gasteiger partial charge in [0.05, 0.1) is 7.11 Å². The maximum Gasteiger partial charge on any atom is 0.408 e. The van der Waals surface area contributed by atoms with E-state index in [9.17, 15) is 14.4 Å². The normalized spacial score (nSPS) is 22.4. The SMILES string of the molecule is CC[C@H](C)[C@@H](C(=O)OC)N1CCN(C(=O)O)[C@@H](C)C1=O. The third-order valence-corrected chi connectivity index (χ3v) is 3.90. The minimum absolute atomic E-state index is 0.0463. The quantitative estimate of drug-likeness (QED) is 0.772. The molecule has 0 aromatic heterocycles. The summed E-state index contributed by atoms with van der Waals surface area (Å²) in [7, 11) is 1.29. The first-order valence-corrected chi connectivity index (χ1v) is 6.73. The minimum Gasteiger partial charge on any atom is -0.467 e. The molecular formula is C13H22N2O5. The molecule has 20 heavy (non-hydrogen) atoms. The molecule has 2 amide bonds. The van der Waals surface area contributed by atoms with Crippen LogP contribution in [0.25, 0.3) is 0 Å². The average Bonchev–Trinajstić information content (AvgIpc) is 2.42. The maximum atomic E-state index is 12.3. The molecule has 0 saturated carbocycles. The van der Waals surface area contributed by atoms with Crippen LogP contribution in [-0.2, 0) is 14.3 Å². The number of carbonyl (C=O) groups excluding carboxylic acids is 2. The number of piperazine rings is 1. The number of amides is 2. The van der Waals surface area contributed by atoms with E-state index < -0.39 is 24.1 Å². The van der Waals surface area contributed by atoms with Gasteiger partial charge in [-0.1, -0.05) is 20.3 Å². The minimum atomic E-state index is -1.12. The van der Waals surface area contributed by atoms with Crippen molar-refractivity contribution in [3.05, 3.63) is 0 Å². The van der Waals surface area contributed by atoms with Crippen molar-refractivity contribution in [2.45, 2.75) is 39.3 Å². The van der Waals surface area contributed by atoms with E-state index in [-0.39, 0.29) is 24.9 Å². The highest BCUT2D eigenvalue weighted by molar-refractivity contribution is 5.90. The van der Waals surface area contributed by atoms with Crippen LogP contribution in [0.3, 0.4) is 0 Å². The van der Waals surface area contributed by atoms with Crippen LogP contribution < -0.4 is 0 Å². The zero-order valence-corrected chi connectivity index (χ0v) is 12.3. The Morgan fingerprint density at radius 2 is 2.05 bits per heavy atom. The van der Waals surface area contributed by atoms with Crippen molar-refractivity contribution in [2.24, 2.45) is 5.92 Å². The monoisotopic (exact) mass is 286 g/mol. The Balaban J connectivity index is 2.97. The fourth-order valence-corrected chi connectivity index (χ4v) is 2.44. The molecule has 1 N–H and O–H groups in total. The van der Waals surface area contributed by atoms with Gasteiger partial charge in [0.25, 0.3) is 0 Å². The molecule has 114 valence electrons. The van der Waals surface area contributed by atoms with E-state index in [1.807, 2.05) is 13.8 Å². The fourth-order valence-electron chi connectivity index (χ4n) is 2.44. The van der Waals surface area contributed by atoms with Crippen molar-refractivity contribution < 1.29 is 24.2 Å². The first-order chi connectivity index (χ1) is 9.34. The Morgan fingerprint density at radius 3 is 2.50 bits per heavy atom. The molecule has 0 bridgehead atoms. The average molecular weight is 286 g/mol. The summed E-state index contributed by atoms with van der Waals surface area (Å²) in [4.78, 5) is 37.8. The summed E-state index contributed by atoms with van der Waals surface area (Å²) in [6.45, 7) is 5.75. The van der Waals surface area contributed by atoms with Gasteiger partial charge in [0, 0.05) is 13.1 Å². The van der Waals surface area contributed by atoms with Gasteiger partial charge in [-0.05, 0) is 12.8 Å². The van der Waals surface area contributed by atoms with E-state index in [2.05, 4.69) is 0 Å². The predicted octanol–water partition coefficient (Wildman–Crippen LogP) is 0.785. The summed E-state index contributed by atoms with van der Waals surface area (Å²) < 4.78 is 4.78. The first kappa shape index (κ1) is 16.3. The van der Waals surface area contributed by atoms with Gasteiger partial charge in [-0.25, -0.2) is 9.59 Å². The summed E-state index contributed by atoms with van der Waals surface area (Å²) in [5.41, 5.74) is 0. The molecule has 1 rings (SSSR count). The predicted molar refractivity (Wildman–Crippen MR) is 71.2 cm³/mol. The second-order valence-electron chi connectivity index (χ2n) is 5.04. The fraction of sp³-hybridized carbons (Fsp3) is 0.769. The van der Waals surface area contributed by atoms with Gasteiger partial charge >= 0.3 is 12.1 Å². The van der Waals surface area contributed by atoms with E-state index in [0.29, 0.717) is 0 Å². The molecule has 3 atom stereocenters. The second kappa shape index (κ2) is 6.58. The molecule has 0 aromatic rings. The number of hydrogen-bond donors (Lipinski definition) is 1. The van der Waals surface area contributed by atoms with Gasteiger partial charge < -0.3 is 14.7 Å². The maximum absolute atomic E-state index is 12.3. The van der Waals surface area contributed by atoms with Gasteiger partial charge in [0.1, 0.15) is 12.1 Å². The summed E-state index contributed by atoms with van der Waals surface area (Å²) in [6, 6.07) is -1.44. The number of carboxylic acid groups (broad SMARTS) is 1. The third-order valence-electron chi connectivity index (χ3n) is 3.90. The molecular weight excluding hydrogens is 264 g/mol. The molecule has 1 aliphatic heterocycles. The molecule has 0 spiro atoms. The standard InChI is InChI=1S/C13H22N2O5/c1-5-8(2)10(12(17)20-4)15-7-6-14(13(18)19)9(3)11(15)16/h8-10H,5-7H2,1-4H3,(H,18,19)/t8-,9-,10-/m0/s1. The highest BCUT2D eigenvalue weighted by Gasteiger charge is 2.41. The van der Waals surface area contributed by atoms with Crippen LogP contribution in [0.1, 0.15) is 27.2 Å². The summed E-state index contributed by atoms with van der Waals surface area (Å²) in [5.74, 6) is -0.854. The Morgan fingerprint density at radius 1 is 1.45 bits per heavy atom. The molecule has 1 saturated heterocycles. The van der Waals surface area contributed by atoms with Crippen LogP contribution in [-0.4, -0.2) is 65.2 Å². The largest absolute Gasteiger partial charge is 0.467 e. The Bertz CT molecular complexity index is 398. The molecule has 0 aliphatic carbocycles. The number of rotatable bonds is 4. The van der Waals surface area contributed by atoms with Crippen molar-refractivity contribution in [1.29, 1.82) is 0 Å². The van der Waals surface area contributed by atoms with Crippen molar-refractivity contribution in [3.63, 3.8) is 0 Å². The van der Waals surface area contributed by atoms with Crippen LogP contribution in [0.5, 0.6) is 0 Å². The number of ether oxygens (including phenoxy) is 1. The van der Waals surface area contributed by atoms with Crippen LogP contribution >= 0.6 is 0 Å². The zero-order valence-electron chi connectivity index (χ0n) is 12.3. The van der Waals surface area contributed by atoms with Crippen LogP contribution in [0.15, 0.2) is 0 Å². The molecule has 1 heterocycles. The van der Waals surface area contributed by atoms with Crippen LogP contribution in [0.4, 0.5) is 4.79 Å². The van der Waals surface area contributed by atoms with E-state index in [1.54, 1.807) is 0 Å². The molecule has 1 aliphatic rings. The topological polar surface area (TPSA) is 87.2 Å². The molecule has 0 radical (unpaired) electrons. The lowest BCUT2D eigenvalue weighted by Crippen LogP contribution is -2.62. The molecule has 7 nitrogen and oxygen atoms in total. The first-order valence-electron chi connectivity index (χ1n) is 6.73. The lowest BCUT2D eigenvalue weighted by atomic mass is 9.96. The molecule has 1 fully saturated rings.